The Morgan fingerprint density at radius 2 is 2.57 bits per heavy atom. The third-order valence-corrected chi connectivity index (χ3v) is 0.801. The summed E-state index contributed by atoms with van der Waals surface area (Å²) in [5.41, 5.74) is 0. The zero-order valence-electron chi connectivity index (χ0n) is 3.80. The molecule has 0 aromatic carbocycles. The van der Waals surface area contributed by atoms with Gasteiger partial charge in [-0.05, 0) is 0 Å². The Morgan fingerprint density at radius 3 is 2.71 bits per heavy atom. The van der Waals surface area contributed by atoms with Crippen molar-refractivity contribution in [2.24, 2.45) is 0 Å². The van der Waals surface area contributed by atoms with Crippen LogP contribution in [0.25, 0.3) is 0 Å². The molecule has 0 saturated carbocycles. The SMILES string of the molecule is COC(=O)C=[C]=[W]. The van der Waals surface area contributed by atoms with E-state index in [4.69, 9.17) is 0 Å². The van der Waals surface area contributed by atoms with Crippen LogP contribution in [0, 0.1) is 0 Å². The van der Waals surface area contributed by atoms with Gasteiger partial charge in [0.25, 0.3) is 0 Å². The van der Waals surface area contributed by atoms with Gasteiger partial charge in [-0.2, -0.15) is 0 Å². The Labute approximate surface area is 52.6 Å². The number of ether oxygens (including phenoxy) is 1. The maximum absolute atomic E-state index is 10.1. The van der Waals surface area contributed by atoms with Crippen LogP contribution in [-0.2, 0) is 28.9 Å². The van der Waals surface area contributed by atoms with Gasteiger partial charge in [0.1, 0.15) is 0 Å². The van der Waals surface area contributed by atoms with Crippen LogP contribution in [0.3, 0.4) is 0 Å². The van der Waals surface area contributed by atoms with E-state index in [0.29, 0.717) is 0 Å². The molecule has 0 spiro atoms. The van der Waals surface area contributed by atoms with Crippen molar-refractivity contribution in [1.82, 2.24) is 0 Å². The zero-order valence-corrected chi connectivity index (χ0v) is 6.74. The summed E-state index contributed by atoms with van der Waals surface area (Å²) in [6.07, 6.45) is 1.27. The molecule has 0 radical (unpaired) electrons. The molecule has 0 aliphatic rings. The van der Waals surface area contributed by atoms with Crippen molar-refractivity contribution in [3.63, 3.8) is 0 Å². The number of rotatable bonds is 1. The molecule has 0 aromatic rings. The first kappa shape index (κ1) is 6.81. The fraction of sp³-hybridized carbons (Fsp3) is 0.250. The molecule has 0 aliphatic heterocycles. The Bertz CT molecular complexity index is 113. The summed E-state index contributed by atoms with van der Waals surface area (Å²) in [5, 5.41) is 0. The van der Waals surface area contributed by atoms with Gasteiger partial charge >= 0.3 is 52.1 Å². The van der Waals surface area contributed by atoms with E-state index in [9.17, 15) is 4.79 Å². The monoisotopic (exact) mass is 268 g/mol. The minimum atomic E-state index is -0.338. The van der Waals surface area contributed by atoms with Crippen molar-refractivity contribution in [3.8, 4) is 0 Å². The molecule has 7 heavy (non-hydrogen) atoms. The molecule has 0 aliphatic carbocycles. The van der Waals surface area contributed by atoms with Gasteiger partial charge in [0.2, 0.25) is 0 Å². The summed E-state index contributed by atoms with van der Waals surface area (Å²) in [6, 6.07) is 0. The predicted molar refractivity (Wildman–Crippen MR) is 21.6 cm³/mol. The van der Waals surface area contributed by atoms with Crippen molar-refractivity contribution in [1.29, 1.82) is 0 Å². The van der Waals surface area contributed by atoms with E-state index in [1.54, 1.807) is 0 Å². The third-order valence-electron chi connectivity index (χ3n) is 0.378. The van der Waals surface area contributed by atoms with Gasteiger partial charge in [-0.3, -0.25) is 0 Å². The van der Waals surface area contributed by atoms with Crippen molar-refractivity contribution in [2.45, 2.75) is 0 Å². The first-order chi connectivity index (χ1) is 3.31. The van der Waals surface area contributed by atoms with Gasteiger partial charge in [0.05, 0.1) is 0 Å². The molecular weight excluding hydrogens is 264 g/mol. The van der Waals surface area contributed by atoms with E-state index in [1.165, 1.54) is 13.2 Å². The summed E-state index contributed by atoms with van der Waals surface area (Å²) in [6.45, 7) is 0. The standard InChI is InChI=1S/C4H4O2.W/c1-3-4(5)6-2;/h3H,2H3;. The van der Waals surface area contributed by atoms with Crippen molar-refractivity contribution in [2.75, 3.05) is 7.11 Å². The van der Waals surface area contributed by atoms with E-state index in [2.05, 4.69) is 8.79 Å². The molecular formula is C4H4O2W. The van der Waals surface area contributed by atoms with Crippen molar-refractivity contribution >= 4 is 10.0 Å². The van der Waals surface area contributed by atoms with Crippen LogP contribution in [-0.4, -0.2) is 17.1 Å². The van der Waals surface area contributed by atoms with Crippen molar-refractivity contribution in [3.05, 3.63) is 6.08 Å². The number of hydrogen-bond acceptors (Lipinski definition) is 2. The first-order valence-electron chi connectivity index (χ1n) is 1.60. The summed E-state index contributed by atoms with van der Waals surface area (Å²) < 4.78 is 6.85. The molecule has 0 rings (SSSR count). The summed E-state index contributed by atoms with van der Waals surface area (Å²) >= 11 is 1.13. The quantitative estimate of drug-likeness (QED) is 0.480. The molecule has 0 heterocycles. The van der Waals surface area contributed by atoms with E-state index in [0.717, 1.165) is 19.4 Å². The normalized spacial score (nSPS) is 6.43. The van der Waals surface area contributed by atoms with Crippen LogP contribution < -0.4 is 0 Å². The molecule has 0 unspecified atom stereocenters. The molecule has 0 aromatic heterocycles. The van der Waals surface area contributed by atoms with Crippen LogP contribution in [0.4, 0.5) is 0 Å². The molecule has 0 N–H and O–H groups in total. The molecule has 38 valence electrons. The van der Waals surface area contributed by atoms with Gasteiger partial charge in [-0.25, -0.2) is 0 Å². The Balaban J connectivity index is 3.58. The van der Waals surface area contributed by atoms with E-state index >= 15 is 0 Å². The second-order valence-corrected chi connectivity index (χ2v) is 1.63. The number of carbonyl (C=O) groups excluding carboxylic acids is 1. The summed E-state index contributed by atoms with van der Waals surface area (Å²) in [5.74, 6) is -0.338. The van der Waals surface area contributed by atoms with E-state index < -0.39 is 0 Å². The predicted octanol–water partition coefficient (Wildman–Crippen LogP) is -0.337. The Morgan fingerprint density at radius 1 is 2.00 bits per heavy atom. The Hall–Kier alpha value is -0.192. The van der Waals surface area contributed by atoms with Crippen LogP contribution >= 0.6 is 0 Å². The number of esters is 1. The van der Waals surface area contributed by atoms with Crippen LogP contribution in [0.15, 0.2) is 6.08 Å². The Kier molecular flexibility index (Phi) is 3.87. The van der Waals surface area contributed by atoms with Gasteiger partial charge < -0.3 is 0 Å². The topological polar surface area (TPSA) is 26.3 Å². The molecule has 3 heteroatoms. The van der Waals surface area contributed by atoms with Crippen LogP contribution in [0.1, 0.15) is 0 Å². The zero-order chi connectivity index (χ0) is 5.70. The van der Waals surface area contributed by atoms with E-state index in [1.807, 2.05) is 0 Å². The molecule has 0 fully saturated rings. The molecule has 2 nitrogen and oxygen atoms in total. The molecule has 0 atom stereocenters. The number of hydrogen-bond donors (Lipinski definition) is 0. The molecule has 0 bridgehead atoms. The maximum atomic E-state index is 10.1. The van der Waals surface area contributed by atoms with Gasteiger partial charge in [-0.15, -0.1) is 0 Å². The van der Waals surface area contributed by atoms with E-state index in [-0.39, 0.29) is 5.97 Å². The molecule has 0 amide bonds. The number of carbonyl (C=O) groups is 1. The van der Waals surface area contributed by atoms with Gasteiger partial charge in [0, 0.05) is 0 Å². The summed E-state index contributed by atoms with van der Waals surface area (Å²) in [7, 11) is 1.34. The average Bonchev–Trinajstić information content (AvgIpc) is 1.68. The first-order valence-corrected chi connectivity index (χ1v) is 3.06. The van der Waals surface area contributed by atoms with Gasteiger partial charge in [-0.1, -0.05) is 0 Å². The van der Waals surface area contributed by atoms with Crippen LogP contribution in [0.2, 0.25) is 0 Å². The molecule has 0 saturated heterocycles. The minimum absolute atomic E-state index is 0.338. The average molecular weight is 268 g/mol. The fourth-order valence-electron chi connectivity index (χ4n) is 0.107. The second kappa shape index (κ2) is 3.98. The number of methoxy groups -OCH3 is 1. The second-order valence-electron chi connectivity index (χ2n) is 0.785. The summed E-state index contributed by atoms with van der Waals surface area (Å²) in [4.78, 5) is 10.1. The van der Waals surface area contributed by atoms with Gasteiger partial charge in [0.15, 0.2) is 0 Å². The fourth-order valence-corrected chi connectivity index (χ4v) is 0.453. The van der Waals surface area contributed by atoms with Crippen LogP contribution in [0.5, 0.6) is 0 Å². The van der Waals surface area contributed by atoms with Crippen molar-refractivity contribution < 1.29 is 28.9 Å². The third kappa shape index (κ3) is 3.64.